The quantitative estimate of drug-likeness (QED) is 0.372. The number of hydrogen-bond acceptors (Lipinski definition) is 8. The van der Waals surface area contributed by atoms with E-state index in [4.69, 9.17) is 4.74 Å². The second kappa shape index (κ2) is 10.2. The van der Waals surface area contributed by atoms with Crippen LogP contribution in [0.15, 0.2) is 39.8 Å². The van der Waals surface area contributed by atoms with Gasteiger partial charge in [0.05, 0.1) is 12.0 Å². The van der Waals surface area contributed by atoms with Crippen molar-refractivity contribution in [3.05, 3.63) is 35.2 Å². The highest BCUT2D eigenvalue weighted by Crippen LogP contribution is 2.39. The van der Waals surface area contributed by atoms with E-state index in [9.17, 15) is 18.1 Å². The molecule has 1 fully saturated rings. The van der Waals surface area contributed by atoms with Crippen LogP contribution in [0.4, 0.5) is 0 Å². The minimum absolute atomic E-state index is 0. The predicted molar refractivity (Wildman–Crippen MR) is 103 cm³/mol. The maximum atomic E-state index is 12.5. The topological polar surface area (TPSA) is 114 Å². The molecule has 1 heterocycles. The smallest absolute Gasteiger partial charge is 0.323 e. The molecule has 1 aliphatic rings. The lowest BCUT2D eigenvalue weighted by atomic mass is 9.90. The summed E-state index contributed by atoms with van der Waals surface area (Å²) in [5, 5.41) is 3.18. The Labute approximate surface area is 163 Å². The van der Waals surface area contributed by atoms with Gasteiger partial charge in [0.1, 0.15) is 6.04 Å². The van der Waals surface area contributed by atoms with E-state index in [1.54, 1.807) is 18.2 Å². The van der Waals surface area contributed by atoms with E-state index in [2.05, 4.69) is 14.6 Å². The third-order valence-electron chi connectivity index (χ3n) is 4.16. The van der Waals surface area contributed by atoms with Crippen LogP contribution in [0.1, 0.15) is 19.3 Å². The van der Waals surface area contributed by atoms with Gasteiger partial charge in [0.15, 0.2) is 0 Å². The zero-order valence-corrected chi connectivity index (χ0v) is 16.7. The number of nitrogens with one attached hydrogen (secondary N) is 2. The largest absolute Gasteiger partial charge is 0.468 e. The van der Waals surface area contributed by atoms with Gasteiger partial charge < -0.3 is 10.1 Å². The maximum Gasteiger partial charge on any atom is 0.323 e. The van der Waals surface area contributed by atoms with E-state index < -0.39 is 26.8 Å². The lowest BCUT2D eigenvalue weighted by Crippen LogP contribution is -2.49. The predicted octanol–water partition coefficient (Wildman–Crippen LogP) is 1.86. The van der Waals surface area contributed by atoms with Crippen LogP contribution in [0.3, 0.4) is 0 Å². The minimum atomic E-state index is -3.89. The highest BCUT2D eigenvalue weighted by Gasteiger charge is 2.40. The molecule has 146 valence electrons. The number of nitrogens with zero attached hydrogens (tertiary/aromatic N) is 1. The van der Waals surface area contributed by atoms with Crippen molar-refractivity contribution >= 4 is 40.3 Å². The van der Waals surface area contributed by atoms with E-state index in [1.165, 1.54) is 19.2 Å². The molecular formula is C15H22ClN3O5S2. The first kappa shape index (κ1) is 22.8. The third-order valence-corrected chi connectivity index (χ3v) is 6.68. The Bertz CT molecular complexity index is 696. The molecule has 1 atom stereocenters. The Kier molecular flexibility index (Phi) is 8.97. The number of carbonyl (C=O) groups is 1. The fraction of sp³-hybridized carbons (Fsp3) is 0.533. The summed E-state index contributed by atoms with van der Waals surface area (Å²) in [5.41, 5.74) is 0. The molecule has 0 bridgehead atoms. The highest BCUT2D eigenvalue weighted by atomic mass is 35.5. The molecule has 11 heteroatoms. The van der Waals surface area contributed by atoms with E-state index >= 15 is 0 Å². The van der Waals surface area contributed by atoms with Gasteiger partial charge in [-0.2, -0.15) is 4.72 Å². The minimum Gasteiger partial charge on any atom is -0.468 e. The van der Waals surface area contributed by atoms with Crippen molar-refractivity contribution in [3.63, 3.8) is 0 Å². The monoisotopic (exact) mass is 423 g/mol. The van der Waals surface area contributed by atoms with Crippen molar-refractivity contribution in [3.8, 4) is 0 Å². The van der Waals surface area contributed by atoms with Crippen LogP contribution in [0.2, 0.25) is 0 Å². The average molecular weight is 424 g/mol. The third kappa shape index (κ3) is 5.92. The van der Waals surface area contributed by atoms with Crippen molar-refractivity contribution in [2.75, 3.05) is 20.2 Å². The molecule has 1 aliphatic heterocycles. The standard InChI is InChI=1S/C15H21N3O5S2.ClH/c1-23-14(19)13(11-15(24-18-20)7-9-16-10-8-15)17-25(21,22)12-5-3-2-4-6-12;/h2-6,13,16-17H,7-11H2,1H3;1H. The van der Waals surface area contributed by atoms with Gasteiger partial charge in [-0.05, 0) is 44.5 Å². The highest BCUT2D eigenvalue weighted by molar-refractivity contribution is 7.99. The van der Waals surface area contributed by atoms with Crippen LogP contribution in [0, 0.1) is 4.91 Å². The molecule has 8 nitrogen and oxygen atoms in total. The number of rotatable bonds is 8. The van der Waals surface area contributed by atoms with Gasteiger partial charge >= 0.3 is 5.97 Å². The van der Waals surface area contributed by atoms with Crippen LogP contribution >= 0.6 is 24.4 Å². The molecule has 2 N–H and O–H groups in total. The SMILES string of the molecule is COC(=O)C(CC1(SN=O)CCNCC1)NS(=O)(=O)c1ccccc1.Cl. The molecule has 0 spiro atoms. The van der Waals surface area contributed by atoms with Gasteiger partial charge in [-0.3, -0.25) is 4.79 Å². The van der Waals surface area contributed by atoms with Crippen molar-refractivity contribution in [1.82, 2.24) is 10.0 Å². The molecule has 0 radical (unpaired) electrons. The summed E-state index contributed by atoms with van der Waals surface area (Å²) in [7, 11) is -2.69. The van der Waals surface area contributed by atoms with Crippen LogP contribution in [0.5, 0.6) is 0 Å². The fourth-order valence-electron chi connectivity index (χ4n) is 2.84. The second-order valence-corrected chi connectivity index (χ2v) is 8.72. The van der Waals surface area contributed by atoms with Crippen molar-refractivity contribution in [1.29, 1.82) is 0 Å². The van der Waals surface area contributed by atoms with Crippen molar-refractivity contribution < 1.29 is 17.9 Å². The molecule has 0 saturated carbocycles. The van der Waals surface area contributed by atoms with Crippen LogP contribution in [-0.4, -0.2) is 45.4 Å². The number of ether oxygens (including phenoxy) is 1. The molecule has 1 aromatic carbocycles. The summed E-state index contributed by atoms with van der Waals surface area (Å²) >= 11 is 0.865. The Morgan fingerprint density at radius 1 is 1.35 bits per heavy atom. The van der Waals surface area contributed by atoms with E-state index in [-0.39, 0.29) is 23.7 Å². The summed E-state index contributed by atoms with van der Waals surface area (Å²) < 4.78 is 34.6. The maximum absolute atomic E-state index is 12.5. The van der Waals surface area contributed by atoms with Crippen LogP contribution in [-0.2, 0) is 19.6 Å². The molecule has 2 rings (SSSR count). The summed E-state index contributed by atoms with van der Waals surface area (Å²) in [4.78, 5) is 23.1. The van der Waals surface area contributed by atoms with Gasteiger partial charge in [0, 0.05) is 21.3 Å². The molecule has 1 aromatic rings. The Morgan fingerprint density at radius 2 is 1.96 bits per heavy atom. The summed E-state index contributed by atoms with van der Waals surface area (Å²) in [6.07, 6.45) is 1.33. The summed E-state index contributed by atoms with van der Waals surface area (Å²) in [6, 6.07) is 6.69. The number of carbonyl (C=O) groups excluding carboxylic acids is 1. The van der Waals surface area contributed by atoms with Gasteiger partial charge in [-0.25, -0.2) is 8.42 Å². The first-order valence-electron chi connectivity index (χ1n) is 7.79. The first-order valence-corrected chi connectivity index (χ1v) is 10.0. The molecule has 0 aromatic heterocycles. The van der Waals surface area contributed by atoms with Gasteiger partial charge in [0.25, 0.3) is 0 Å². The van der Waals surface area contributed by atoms with Crippen LogP contribution in [0.25, 0.3) is 0 Å². The summed E-state index contributed by atoms with van der Waals surface area (Å²) in [6.45, 7) is 1.34. The second-order valence-electron chi connectivity index (χ2n) is 5.81. The molecule has 1 unspecified atom stereocenters. The summed E-state index contributed by atoms with van der Waals surface area (Å²) in [5.74, 6) is -0.691. The lowest BCUT2D eigenvalue weighted by Gasteiger charge is -2.36. The number of sulfonamides is 1. The van der Waals surface area contributed by atoms with Gasteiger partial charge in [-0.1, -0.05) is 18.2 Å². The van der Waals surface area contributed by atoms with Crippen LogP contribution < -0.4 is 10.0 Å². The zero-order valence-electron chi connectivity index (χ0n) is 14.2. The van der Waals surface area contributed by atoms with E-state index in [0.29, 0.717) is 25.9 Å². The number of benzene rings is 1. The van der Waals surface area contributed by atoms with Crippen molar-refractivity contribution in [2.45, 2.75) is 34.9 Å². The Balaban J connectivity index is 0.00000338. The molecular weight excluding hydrogens is 402 g/mol. The van der Waals surface area contributed by atoms with E-state index in [1.807, 2.05) is 0 Å². The Hall–Kier alpha value is -1.20. The molecule has 26 heavy (non-hydrogen) atoms. The number of methoxy groups -OCH3 is 1. The van der Waals surface area contributed by atoms with E-state index in [0.717, 1.165) is 11.9 Å². The number of halogens is 1. The van der Waals surface area contributed by atoms with Gasteiger partial charge in [-0.15, -0.1) is 17.3 Å². The van der Waals surface area contributed by atoms with Gasteiger partial charge in [0.2, 0.25) is 10.0 Å². The average Bonchev–Trinajstić information content (AvgIpc) is 2.62. The normalized spacial score (nSPS) is 17.6. The molecule has 0 aliphatic carbocycles. The number of nitroso groups, excluding NO2 is 1. The number of esters is 1. The lowest BCUT2D eigenvalue weighted by molar-refractivity contribution is -0.143. The zero-order chi connectivity index (χ0) is 18.3. The first-order chi connectivity index (χ1) is 11.9. The van der Waals surface area contributed by atoms with Crippen molar-refractivity contribution in [2.24, 2.45) is 4.58 Å². The Morgan fingerprint density at radius 3 is 2.50 bits per heavy atom. The fourth-order valence-corrected chi connectivity index (χ4v) is 4.83. The molecule has 1 saturated heterocycles. The molecule has 0 amide bonds. The number of piperidine rings is 1. The number of hydrogen-bond donors (Lipinski definition) is 2.